The lowest BCUT2D eigenvalue weighted by Gasteiger charge is -2.21. The van der Waals surface area contributed by atoms with Crippen molar-refractivity contribution in [3.8, 4) is 0 Å². The smallest absolute Gasteiger partial charge is 0.307 e. The summed E-state index contributed by atoms with van der Waals surface area (Å²) in [7, 11) is 1.43. The van der Waals surface area contributed by atoms with Crippen LogP contribution in [0.2, 0.25) is 0 Å². The first kappa shape index (κ1) is 11.9. The predicted molar refractivity (Wildman–Crippen MR) is 64.1 cm³/mol. The molecule has 1 aliphatic heterocycles. The van der Waals surface area contributed by atoms with Gasteiger partial charge in [0.05, 0.1) is 12.1 Å². The molecule has 2 rings (SSSR count). The van der Waals surface area contributed by atoms with Gasteiger partial charge in [-0.1, -0.05) is 30.3 Å². The molecule has 1 aromatic rings. The molecule has 1 saturated heterocycles. The molecule has 4 nitrogen and oxygen atoms in total. The highest BCUT2D eigenvalue weighted by Crippen LogP contribution is 2.34. The summed E-state index contributed by atoms with van der Waals surface area (Å²) in [5.41, 5.74) is 1.05. The second kappa shape index (κ2) is 5.14. The minimum absolute atomic E-state index is 0.0116. The summed E-state index contributed by atoms with van der Waals surface area (Å²) in [4.78, 5) is 23.4. The van der Waals surface area contributed by atoms with E-state index in [1.54, 1.807) is 4.81 Å². The van der Waals surface area contributed by atoms with Crippen LogP contribution in [0.5, 0.6) is 0 Å². The van der Waals surface area contributed by atoms with Crippen molar-refractivity contribution < 1.29 is 14.7 Å². The zero-order valence-corrected chi connectivity index (χ0v) is 9.32. The van der Waals surface area contributed by atoms with E-state index < -0.39 is 11.9 Å². The summed E-state index contributed by atoms with van der Waals surface area (Å²) in [5, 5.41) is 9.04. The molecule has 1 aliphatic rings. The van der Waals surface area contributed by atoms with Crippen LogP contribution in [-0.4, -0.2) is 36.0 Å². The van der Waals surface area contributed by atoms with Gasteiger partial charge in [0.15, 0.2) is 0 Å². The zero-order chi connectivity index (χ0) is 12.3. The third kappa shape index (κ3) is 2.56. The molecule has 0 bridgehead atoms. The van der Waals surface area contributed by atoms with Gasteiger partial charge in [-0.3, -0.25) is 4.79 Å². The summed E-state index contributed by atoms with van der Waals surface area (Å²) in [6.07, 6.45) is 1.25. The van der Waals surface area contributed by atoms with Gasteiger partial charge in [0.2, 0.25) is 0 Å². The van der Waals surface area contributed by atoms with Crippen LogP contribution < -0.4 is 0 Å². The van der Waals surface area contributed by atoms with Gasteiger partial charge in [0.1, 0.15) is 0 Å². The summed E-state index contributed by atoms with van der Waals surface area (Å²) in [6, 6.07) is 9.66. The molecule has 87 valence electrons. The monoisotopic (exact) mass is 230 g/mol. The van der Waals surface area contributed by atoms with Crippen molar-refractivity contribution in [2.75, 3.05) is 6.54 Å². The maximum Gasteiger partial charge on any atom is 0.307 e. The largest absolute Gasteiger partial charge is 0.481 e. The molecule has 2 unspecified atom stereocenters. The van der Waals surface area contributed by atoms with Crippen molar-refractivity contribution in [1.82, 2.24) is 4.81 Å². The molecule has 1 N–H and O–H groups in total. The quantitative estimate of drug-likeness (QED) is 0.617. The van der Waals surface area contributed by atoms with Gasteiger partial charge in [0, 0.05) is 12.6 Å². The highest BCUT2D eigenvalue weighted by molar-refractivity contribution is 6.64. The van der Waals surface area contributed by atoms with E-state index in [1.807, 2.05) is 30.3 Å². The van der Waals surface area contributed by atoms with E-state index in [4.69, 9.17) is 5.11 Å². The van der Waals surface area contributed by atoms with Crippen molar-refractivity contribution in [1.29, 1.82) is 0 Å². The Balaban J connectivity index is 2.19. The van der Waals surface area contributed by atoms with E-state index in [0.29, 0.717) is 19.2 Å². The number of rotatable bonds is 4. The summed E-state index contributed by atoms with van der Waals surface area (Å²) >= 11 is 0. The van der Waals surface area contributed by atoms with Crippen LogP contribution >= 0.6 is 0 Å². The number of nitrogens with zero attached hydrogens (tertiary/aromatic N) is 1. The van der Waals surface area contributed by atoms with Crippen molar-refractivity contribution in [2.45, 2.75) is 12.5 Å². The number of carboxylic acid groups (broad SMARTS) is 1. The first-order chi connectivity index (χ1) is 8.22. The fraction of sp³-hybridized carbons (Fsp3) is 0.333. The number of hydrogen-bond donors (Lipinski definition) is 1. The highest BCUT2D eigenvalue weighted by atomic mass is 16.4. The van der Waals surface area contributed by atoms with Crippen LogP contribution in [0.4, 0.5) is 0 Å². The molecule has 0 saturated carbocycles. The number of carboxylic acids is 1. The SMILES string of the molecule is O=C[B]N1CC(C(=O)O)CC1c1ccccc1. The van der Waals surface area contributed by atoms with Crippen molar-refractivity contribution in [3.63, 3.8) is 0 Å². The molecule has 1 radical (unpaired) electrons. The average molecular weight is 230 g/mol. The lowest BCUT2D eigenvalue weighted by Crippen LogP contribution is -2.30. The van der Waals surface area contributed by atoms with Crippen LogP contribution in [-0.2, 0) is 9.59 Å². The Bertz CT molecular complexity index is 409. The Kier molecular flexibility index (Phi) is 3.59. The second-order valence-electron chi connectivity index (χ2n) is 4.18. The Morgan fingerprint density at radius 1 is 1.41 bits per heavy atom. The van der Waals surface area contributed by atoms with Crippen LogP contribution in [0.1, 0.15) is 18.0 Å². The topological polar surface area (TPSA) is 57.6 Å². The Hall–Kier alpha value is -1.62. The molecule has 0 aromatic heterocycles. The van der Waals surface area contributed by atoms with Gasteiger partial charge in [0.25, 0.3) is 7.41 Å². The van der Waals surface area contributed by atoms with Crippen molar-refractivity contribution in [3.05, 3.63) is 35.9 Å². The maximum absolute atomic E-state index is 11.0. The Morgan fingerprint density at radius 3 is 2.71 bits per heavy atom. The zero-order valence-electron chi connectivity index (χ0n) is 9.32. The average Bonchev–Trinajstić information content (AvgIpc) is 2.75. The molecule has 0 amide bonds. The van der Waals surface area contributed by atoms with E-state index in [-0.39, 0.29) is 6.04 Å². The van der Waals surface area contributed by atoms with Crippen LogP contribution in [0, 0.1) is 5.92 Å². The highest BCUT2D eigenvalue weighted by Gasteiger charge is 2.36. The first-order valence-electron chi connectivity index (χ1n) is 5.54. The van der Waals surface area contributed by atoms with Gasteiger partial charge in [-0.05, 0) is 12.0 Å². The lowest BCUT2D eigenvalue weighted by atomic mass is 9.91. The normalized spacial score (nSPS) is 24.5. The number of aliphatic carboxylic acids is 1. The molecule has 5 heteroatoms. The molecule has 17 heavy (non-hydrogen) atoms. The van der Waals surface area contributed by atoms with E-state index in [0.717, 1.165) is 5.56 Å². The molecule has 0 spiro atoms. The summed E-state index contributed by atoms with van der Waals surface area (Å²) in [6.45, 7) is 0.396. The molecule has 1 aromatic carbocycles. The number of hydrogen-bond acceptors (Lipinski definition) is 3. The minimum Gasteiger partial charge on any atom is -0.481 e. The second-order valence-corrected chi connectivity index (χ2v) is 4.18. The fourth-order valence-electron chi connectivity index (χ4n) is 2.29. The molecular formula is C12H13BNO3. The van der Waals surface area contributed by atoms with Gasteiger partial charge < -0.3 is 14.7 Å². The Morgan fingerprint density at radius 2 is 2.12 bits per heavy atom. The van der Waals surface area contributed by atoms with Gasteiger partial charge in [-0.2, -0.15) is 0 Å². The Labute approximate surface area is 101 Å². The van der Waals surface area contributed by atoms with E-state index >= 15 is 0 Å². The summed E-state index contributed by atoms with van der Waals surface area (Å²) < 4.78 is 0. The van der Waals surface area contributed by atoms with E-state index in [1.165, 1.54) is 7.41 Å². The van der Waals surface area contributed by atoms with Crippen molar-refractivity contribution >= 4 is 19.6 Å². The van der Waals surface area contributed by atoms with Gasteiger partial charge >= 0.3 is 5.97 Å². The number of carbonyl (C=O) groups is 2. The minimum atomic E-state index is -0.798. The van der Waals surface area contributed by atoms with E-state index in [9.17, 15) is 9.59 Å². The van der Waals surface area contributed by atoms with Crippen molar-refractivity contribution in [2.24, 2.45) is 5.92 Å². The number of carbonyl (C=O) groups excluding carboxylic acids is 1. The van der Waals surface area contributed by atoms with Crippen LogP contribution in [0.3, 0.4) is 0 Å². The molecule has 2 atom stereocenters. The number of benzene rings is 1. The first-order valence-corrected chi connectivity index (χ1v) is 5.54. The standard InChI is InChI=1S/C12H13BNO3/c15-8-13-14-7-10(12(16)17)6-11(14)9-4-2-1-3-5-9/h1-5,8,10-11H,6-7H2,(H,16,17). The lowest BCUT2D eigenvalue weighted by molar-refractivity contribution is -0.141. The van der Waals surface area contributed by atoms with Gasteiger partial charge in [-0.15, -0.1) is 0 Å². The van der Waals surface area contributed by atoms with Crippen LogP contribution in [0.15, 0.2) is 30.3 Å². The predicted octanol–water partition coefficient (Wildman–Crippen LogP) is 0.944. The van der Waals surface area contributed by atoms with Gasteiger partial charge in [-0.25, -0.2) is 0 Å². The molecular weight excluding hydrogens is 217 g/mol. The molecule has 0 aliphatic carbocycles. The fourth-order valence-corrected chi connectivity index (χ4v) is 2.29. The van der Waals surface area contributed by atoms with E-state index in [2.05, 4.69) is 0 Å². The third-order valence-corrected chi connectivity index (χ3v) is 3.13. The maximum atomic E-state index is 11.0. The third-order valence-electron chi connectivity index (χ3n) is 3.13. The molecule has 1 heterocycles. The molecule has 1 fully saturated rings. The summed E-state index contributed by atoms with van der Waals surface area (Å²) in [5.74, 6) is -1.20. The van der Waals surface area contributed by atoms with Crippen LogP contribution in [0.25, 0.3) is 0 Å².